The molecule has 0 atom stereocenters. The topological polar surface area (TPSA) is 16.1 Å². The summed E-state index contributed by atoms with van der Waals surface area (Å²) in [7, 11) is 1.38. The molecule has 0 amide bonds. The van der Waals surface area contributed by atoms with E-state index >= 15 is 0 Å². The van der Waals surface area contributed by atoms with Crippen molar-refractivity contribution in [3.63, 3.8) is 0 Å². The van der Waals surface area contributed by atoms with Crippen LogP contribution >= 0.6 is 11.3 Å². The van der Waals surface area contributed by atoms with Crippen molar-refractivity contribution in [3.05, 3.63) is 11.1 Å². The molecule has 6 heteroatoms. The summed E-state index contributed by atoms with van der Waals surface area (Å²) >= 11 is 1.21. The smallest absolute Gasteiger partial charge is 0.342 e. The Balaban J connectivity index is 2.64. The van der Waals surface area contributed by atoms with Gasteiger partial charge in [0.15, 0.2) is 5.13 Å². The minimum absolute atomic E-state index is 0.398. The summed E-state index contributed by atoms with van der Waals surface area (Å²) in [5.41, 5.74) is 0.744. The molecule has 0 bridgehead atoms. The molecular formula is C7H9F3N2S. The molecular weight excluding hydrogens is 201 g/mol. The van der Waals surface area contributed by atoms with Crippen molar-refractivity contribution in [2.24, 2.45) is 0 Å². The fraction of sp³-hybridized carbons (Fsp3) is 0.571. The van der Waals surface area contributed by atoms with Gasteiger partial charge in [-0.15, -0.1) is 11.3 Å². The van der Waals surface area contributed by atoms with Crippen LogP contribution in [0, 0.1) is 6.92 Å². The summed E-state index contributed by atoms with van der Waals surface area (Å²) in [5.74, 6) is 0. The first-order chi connectivity index (χ1) is 5.88. The molecule has 1 aromatic heterocycles. The Kier molecular flexibility index (Phi) is 2.80. The molecule has 0 fully saturated rings. The maximum Gasteiger partial charge on any atom is 0.405 e. The Morgan fingerprint density at radius 2 is 2.15 bits per heavy atom. The maximum absolute atomic E-state index is 11.9. The predicted molar refractivity (Wildman–Crippen MR) is 46.2 cm³/mol. The highest BCUT2D eigenvalue weighted by molar-refractivity contribution is 7.13. The summed E-state index contributed by atoms with van der Waals surface area (Å²) in [6, 6.07) is 0. The first-order valence-electron chi connectivity index (χ1n) is 3.58. The summed E-state index contributed by atoms with van der Waals surface area (Å²) in [5, 5.41) is 2.12. The number of thiazole rings is 1. The van der Waals surface area contributed by atoms with E-state index in [2.05, 4.69) is 4.98 Å². The summed E-state index contributed by atoms with van der Waals surface area (Å²) in [6.07, 6.45) is -4.17. The van der Waals surface area contributed by atoms with Crippen molar-refractivity contribution < 1.29 is 13.2 Å². The van der Waals surface area contributed by atoms with Gasteiger partial charge >= 0.3 is 6.18 Å². The van der Waals surface area contributed by atoms with Crippen molar-refractivity contribution in [1.82, 2.24) is 4.98 Å². The fourth-order valence-corrected chi connectivity index (χ4v) is 1.62. The number of anilines is 1. The average molecular weight is 210 g/mol. The Labute approximate surface area is 78.0 Å². The molecule has 1 aromatic rings. The van der Waals surface area contributed by atoms with Crippen LogP contribution in [0.3, 0.4) is 0 Å². The van der Waals surface area contributed by atoms with E-state index in [1.165, 1.54) is 18.4 Å². The molecule has 0 aromatic carbocycles. The molecule has 0 aliphatic heterocycles. The first kappa shape index (κ1) is 10.3. The number of hydrogen-bond donors (Lipinski definition) is 0. The molecule has 1 heterocycles. The van der Waals surface area contributed by atoms with Gasteiger partial charge in [0.25, 0.3) is 0 Å². The molecule has 0 spiro atoms. The Morgan fingerprint density at radius 3 is 2.54 bits per heavy atom. The van der Waals surface area contributed by atoms with Gasteiger partial charge in [0.1, 0.15) is 6.54 Å². The molecule has 0 saturated heterocycles. The highest BCUT2D eigenvalue weighted by Crippen LogP contribution is 2.23. The van der Waals surface area contributed by atoms with E-state index in [-0.39, 0.29) is 0 Å². The van der Waals surface area contributed by atoms with Gasteiger partial charge in [-0.3, -0.25) is 0 Å². The molecule has 74 valence electrons. The number of halogens is 3. The largest absolute Gasteiger partial charge is 0.405 e. The van der Waals surface area contributed by atoms with E-state index in [9.17, 15) is 13.2 Å². The molecule has 13 heavy (non-hydrogen) atoms. The lowest BCUT2D eigenvalue weighted by Crippen LogP contribution is -2.30. The average Bonchev–Trinajstić information content (AvgIpc) is 2.31. The second kappa shape index (κ2) is 3.53. The van der Waals surface area contributed by atoms with Crippen LogP contribution in [0.25, 0.3) is 0 Å². The van der Waals surface area contributed by atoms with Crippen LogP contribution in [0.5, 0.6) is 0 Å². The molecule has 0 unspecified atom stereocenters. The third-order valence-electron chi connectivity index (χ3n) is 1.35. The van der Waals surface area contributed by atoms with E-state index in [1.54, 1.807) is 12.3 Å². The molecule has 0 saturated carbocycles. The van der Waals surface area contributed by atoms with Gasteiger partial charge in [-0.25, -0.2) is 4.98 Å². The van der Waals surface area contributed by atoms with Gasteiger partial charge in [-0.05, 0) is 6.92 Å². The number of aromatic nitrogens is 1. The van der Waals surface area contributed by atoms with Gasteiger partial charge in [-0.2, -0.15) is 13.2 Å². The predicted octanol–water partition coefficient (Wildman–Crippen LogP) is 2.45. The van der Waals surface area contributed by atoms with Crippen molar-refractivity contribution in [3.8, 4) is 0 Å². The van der Waals surface area contributed by atoms with Gasteiger partial charge in [0.2, 0.25) is 0 Å². The zero-order valence-electron chi connectivity index (χ0n) is 7.22. The van der Waals surface area contributed by atoms with Crippen molar-refractivity contribution in [1.29, 1.82) is 0 Å². The number of nitrogens with zero attached hydrogens (tertiary/aromatic N) is 2. The van der Waals surface area contributed by atoms with Gasteiger partial charge < -0.3 is 4.90 Å². The van der Waals surface area contributed by atoms with Crippen molar-refractivity contribution >= 4 is 16.5 Å². The number of aryl methyl sites for hydroxylation is 1. The van der Waals surface area contributed by atoms with Crippen LogP contribution < -0.4 is 4.90 Å². The third-order valence-corrected chi connectivity index (χ3v) is 2.42. The summed E-state index contributed by atoms with van der Waals surface area (Å²) in [4.78, 5) is 5.03. The van der Waals surface area contributed by atoms with E-state index in [1.807, 2.05) is 0 Å². The standard InChI is InChI=1S/C7H9F3N2S/c1-5-3-13-6(11-5)12(2)4-7(8,9)10/h3H,4H2,1-2H3. The lowest BCUT2D eigenvalue weighted by atomic mass is 10.5. The van der Waals surface area contributed by atoms with Crippen LogP contribution in [-0.2, 0) is 0 Å². The SMILES string of the molecule is Cc1csc(N(C)CC(F)(F)F)n1. The molecule has 0 N–H and O–H groups in total. The van der Waals surface area contributed by atoms with Gasteiger partial charge in [0.05, 0.1) is 5.69 Å². The van der Waals surface area contributed by atoms with E-state index in [0.29, 0.717) is 5.13 Å². The third kappa shape index (κ3) is 3.22. The Hall–Kier alpha value is -0.780. The monoisotopic (exact) mass is 210 g/mol. The minimum atomic E-state index is -4.17. The summed E-state index contributed by atoms with van der Waals surface area (Å²) in [6.45, 7) is 0.793. The van der Waals surface area contributed by atoms with Crippen molar-refractivity contribution in [2.45, 2.75) is 13.1 Å². The zero-order valence-corrected chi connectivity index (χ0v) is 8.04. The van der Waals surface area contributed by atoms with Crippen molar-refractivity contribution in [2.75, 3.05) is 18.5 Å². The highest BCUT2D eigenvalue weighted by atomic mass is 32.1. The van der Waals surface area contributed by atoms with Crippen LogP contribution in [-0.4, -0.2) is 24.8 Å². The molecule has 0 aliphatic carbocycles. The molecule has 0 radical (unpaired) electrons. The normalized spacial score (nSPS) is 11.8. The quantitative estimate of drug-likeness (QED) is 0.745. The first-order valence-corrected chi connectivity index (χ1v) is 4.46. The lowest BCUT2D eigenvalue weighted by molar-refractivity contribution is -0.119. The van der Waals surface area contributed by atoms with Crippen LogP contribution in [0.1, 0.15) is 5.69 Å². The Bertz CT molecular complexity index is 282. The van der Waals surface area contributed by atoms with E-state index in [0.717, 1.165) is 10.6 Å². The zero-order chi connectivity index (χ0) is 10.1. The highest BCUT2D eigenvalue weighted by Gasteiger charge is 2.30. The van der Waals surface area contributed by atoms with Crippen LogP contribution in [0.4, 0.5) is 18.3 Å². The fourth-order valence-electron chi connectivity index (χ4n) is 0.853. The van der Waals surface area contributed by atoms with Gasteiger partial charge in [-0.1, -0.05) is 0 Å². The minimum Gasteiger partial charge on any atom is -0.342 e. The van der Waals surface area contributed by atoms with E-state index in [4.69, 9.17) is 0 Å². The lowest BCUT2D eigenvalue weighted by Gasteiger charge is -2.17. The second-order valence-electron chi connectivity index (χ2n) is 2.74. The number of hydrogen-bond acceptors (Lipinski definition) is 3. The second-order valence-corrected chi connectivity index (χ2v) is 3.58. The molecule has 0 aliphatic rings. The molecule has 1 rings (SSSR count). The van der Waals surface area contributed by atoms with Gasteiger partial charge in [0, 0.05) is 12.4 Å². The number of alkyl halides is 3. The summed E-state index contributed by atoms with van der Waals surface area (Å²) < 4.78 is 35.8. The molecule has 2 nitrogen and oxygen atoms in total. The van der Waals surface area contributed by atoms with Crippen LogP contribution in [0.2, 0.25) is 0 Å². The number of rotatable bonds is 2. The van der Waals surface area contributed by atoms with Crippen LogP contribution in [0.15, 0.2) is 5.38 Å². The van der Waals surface area contributed by atoms with E-state index < -0.39 is 12.7 Å². The maximum atomic E-state index is 11.9. The Morgan fingerprint density at radius 1 is 1.54 bits per heavy atom.